The molecule has 0 radical (unpaired) electrons. The number of hydrogen-bond acceptors (Lipinski definition) is 2. The van der Waals surface area contributed by atoms with Crippen molar-refractivity contribution in [1.29, 1.82) is 0 Å². The molecule has 0 saturated heterocycles. The average molecular weight is 275 g/mol. The van der Waals surface area contributed by atoms with E-state index in [-0.39, 0.29) is 13.0 Å². The zero-order chi connectivity index (χ0) is 14.0. The molecule has 0 bridgehead atoms. The lowest BCUT2D eigenvalue weighted by Gasteiger charge is -2.06. The standard InChI is InChI=1S/C11H9F4N3O/c12-7-1-2-9-17-8(6-18(9)5-7)3-4-16-10(19)11(13,14)15/h1-2,5-6H,3-4H2,(H,16,19). The van der Waals surface area contributed by atoms with Gasteiger partial charge in [-0.1, -0.05) is 0 Å². The smallest absolute Gasteiger partial charge is 0.348 e. The fourth-order valence-corrected chi connectivity index (χ4v) is 1.54. The Labute approximate surface area is 105 Å². The maximum atomic E-state index is 12.9. The van der Waals surface area contributed by atoms with E-state index in [1.165, 1.54) is 28.9 Å². The summed E-state index contributed by atoms with van der Waals surface area (Å²) in [6.07, 6.45) is -2.05. The van der Waals surface area contributed by atoms with Crippen LogP contribution in [0.1, 0.15) is 5.69 Å². The lowest BCUT2D eigenvalue weighted by atomic mass is 10.3. The van der Waals surface area contributed by atoms with Crippen molar-refractivity contribution < 1.29 is 22.4 Å². The van der Waals surface area contributed by atoms with Crippen LogP contribution in [0.2, 0.25) is 0 Å². The molecule has 0 aliphatic heterocycles. The van der Waals surface area contributed by atoms with Crippen molar-refractivity contribution >= 4 is 11.6 Å². The van der Waals surface area contributed by atoms with Crippen LogP contribution in [0.4, 0.5) is 17.6 Å². The van der Waals surface area contributed by atoms with Gasteiger partial charge in [0.15, 0.2) is 0 Å². The van der Waals surface area contributed by atoms with Crippen LogP contribution >= 0.6 is 0 Å². The van der Waals surface area contributed by atoms with Gasteiger partial charge in [0, 0.05) is 25.4 Å². The van der Waals surface area contributed by atoms with E-state index in [2.05, 4.69) is 4.98 Å². The van der Waals surface area contributed by atoms with Crippen LogP contribution in [0.15, 0.2) is 24.5 Å². The predicted molar refractivity (Wildman–Crippen MR) is 57.9 cm³/mol. The van der Waals surface area contributed by atoms with E-state index in [0.717, 1.165) is 0 Å². The number of fused-ring (bicyclic) bond motifs is 1. The van der Waals surface area contributed by atoms with Crippen LogP contribution in [0, 0.1) is 5.82 Å². The molecular formula is C11H9F4N3O. The van der Waals surface area contributed by atoms with Crippen molar-refractivity contribution in [2.24, 2.45) is 0 Å². The third kappa shape index (κ3) is 3.21. The topological polar surface area (TPSA) is 46.4 Å². The largest absolute Gasteiger partial charge is 0.471 e. The molecule has 1 N–H and O–H groups in total. The van der Waals surface area contributed by atoms with Gasteiger partial charge in [-0.3, -0.25) is 4.79 Å². The van der Waals surface area contributed by atoms with E-state index in [1.54, 1.807) is 5.32 Å². The summed E-state index contributed by atoms with van der Waals surface area (Å²) >= 11 is 0. The van der Waals surface area contributed by atoms with E-state index >= 15 is 0 Å². The zero-order valence-corrected chi connectivity index (χ0v) is 9.54. The molecule has 8 heteroatoms. The Morgan fingerprint density at radius 1 is 1.32 bits per heavy atom. The minimum absolute atomic E-state index is 0.130. The van der Waals surface area contributed by atoms with Gasteiger partial charge in [0.25, 0.3) is 0 Å². The van der Waals surface area contributed by atoms with E-state index in [4.69, 9.17) is 0 Å². The van der Waals surface area contributed by atoms with Gasteiger partial charge in [0.1, 0.15) is 11.5 Å². The summed E-state index contributed by atoms with van der Waals surface area (Å²) in [5.74, 6) is -2.43. The van der Waals surface area contributed by atoms with Gasteiger partial charge < -0.3 is 9.72 Å². The minimum Gasteiger partial charge on any atom is -0.348 e. The molecule has 0 aromatic carbocycles. The molecule has 2 rings (SSSR count). The van der Waals surface area contributed by atoms with Gasteiger partial charge in [-0.2, -0.15) is 13.2 Å². The van der Waals surface area contributed by atoms with Gasteiger partial charge in [-0.25, -0.2) is 9.37 Å². The number of alkyl halides is 3. The number of nitrogens with one attached hydrogen (secondary N) is 1. The predicted octanol–water partition coefficient (Wildman–Crippen LogP) is 1.69. The summed E-state index contributed by atoms with van der Waals surface area (Å²) in [6.45, 7) is -0.190. The summed E-state index contributed by atoms with van der Waals surface area (Å²) in [5.41, 5.74) is 0.951. The van der Waals surface area contributed by atoms with Gasteiger partial charge in [-0.05, 0) is 12.1 Å². The van der Waals surface area contributed by atoms with Crippen LogP contribution in [0.25, 0.3) is 5.65 Å². The molecule has 2 heterocycles. The third-order valence-corrected chi connectivity index (χ3v) is 2.39. The van der Waals surface area contributed by atoms with Crippen LogP contribution in [-0.2, 0) is 11.2 Å². The Kier molecular flexibility index (Phi) is 3.41. The van der Waals surface area contributed by atoms with E-state index < -0.39 is 17.9 Å². The summed E-state index contributed by atoms with van der Waals surface area (Å²) in [6, 6.07) is 2.69. The average Bonchev–Trinajstić information content (AvgIpc) is 2.69. The molecule has 0 atom stereocenters. The quantitative estimate of drug-likeness (QED) is 0.866. The van der Waals surface area contributed by atoms with E-state index in [9.17, 15) is 22.4 Å². The normalized spacial score (nSPS) is 11.8. The highest BCUT2D eigenvalue weighted by molar-refractivity contribution is 5.81. The number of amides is 1. The number of nitrogens with zero attached hydrogens (tertiary/aromatic N) is 2. The highest BCUT2D eigenvalue weighted by Gasteiger charge is 2.38. The Bertz CT molecular complexity index is 605. The number of rotatable bonds is 3. The second-order valence-corrected chi connectivity index (χ2v) is 3.85. The molecule has 102 valence electrons. The van der Waals surface area contributed by atoms with E-state index in [0.29, 0.717) is 11.3 Å². The summed E-state index contributed by atoms with van der Waals surface area (Å²) in [4.78, 5) is 14.6. The van der Waals surface area contributed by atoms with Crippen LogP contribution in [0.3, 0.4) is 0 Å². The number of pyridine rings is 1. The first-order chi connectivity index (χ1) is 8.86. The lowest BCUT2D eigenvalue weighted by Crippen LogP contribution is -2.37. The van der Waals surface area contributed by atoms with Crippen molar-refractivity contribution in [2.45, 2.75) is 12.6 Å². The lowest BCUT2D eigenvalue weighted by molar-refractivity contribution is -0.173. The van der Waals surface area contributed by atoms with Gasteiger partial charge in [0.05, 0.1) is 5.69 Å². The zero-order valence-electron chi connectivity index (χ0n) is 9.54. The van der Waals surface area contributed by atoms with Crippen molar-refractivity contribution in [3.63, 3.8) is 0 Å². The Balaban J connectivity index is 1.97. The maximum Gasteiger partial charge on any atom is 0.471 e. The Morgan fingerprint density at radius 3 is 2.74 bits per heavy atom. The molecule has 0 unspecified atom stereocenters. The third-order valence-electron chi connectivity index (χ3n) is 2.39. The first kappa shape index (κ1) is 13.3. The number of hydrogen-bond donors (Lipinski definition) is 1. The van der Waals surface area contributed by atoms with Gasteiger partial charge in [-0.15, -0.1) is 0 Å². The number of carbonyl (C=O) groups is 1. The van der Waals surface area contributed by atoms with Gasteiger partial charge in [0.2, 0.25) is 0 Å². The minimum atomic E-state index is -4.89. The Hall–Kier alpha value is -2.12. The molecular weight excluding hydrogens is 266 g/mol. The molecule has 1 amide bonds. The second kappa shape index (κ2) is 4.87. The first-order valence-corrected chi connectivity index (χ1v) is 5.34. The molecule has 0 saturated carbocycles. The highest BCUT2D eigenvalue weighted by Crippen LogP contribution is 2.14. The molecule has 2 aromatic heterocycles. The SMILES string of the molecule is O=C(NCCc1cn2cc(F)ccc2n1)C(F)(F)F. The van der Waals surface area contributed by atoms with Crippen molar-refractivity contribution in [3.05, 3.63) is 36.0 Å². The van der Waals surface area contributed by atoms with Crippen LogP contribution < -0.4 is 5.32 Å². The molecule has 0 aliphatic rings. The summed E-state index contributed by atoms with van der Waals surface area (Å²) in [5, 5.41) is 1.74. The molecule has 0 fully saturated rings. The fourth-order valence-electron chi connectivity index (χ4n) is 1.54. The number of carbonyl (C=O) groups excluding carboxylic acids is 1. The fraction of sp³-hybridized carbons (Fsp3) is 0.273. The maximum absolute atomic E-state index is 12.9. The molecule has 19 heavy (non-hydrogen) atoms. The van der Waals surface area contributed by atoms with E-state index in [1.807, 2.05) is 0 Å². The summed E-state index contributed by atoms with van der Waals surface area (Å²) < 4.78 is 50.1. The molecule has 2 aromatic rings. The van der Waals surface area contributed by atoms with Crippen molar-refractivity contribution in [1.82, 2.24) is 14.7 Å². The van der Waals surface area contributed by atoms with Crippen LogP contribution in [-0.4, -0.2) is 28.0 Å². The first-order valence-electron chi connectivity index (χ1n) is 5.34. The number of halogens is 4. The second-order valence-electron chi connectivity index (χ2n) is 3.85. The molecule has 0 spiro atoms. The molecule has 4 nitrogen and oxygen atoms in total. The van der Waals surface area contributed by atoms with Crippen molar-refractivity contribution in [3.8, 4) is 0 Å². The van der Waals surface area contributed by atoms with Crippen LogP contribution in [0.5, 0.6) is 0 Å². The summed E-state index contributed by atoms with van der Waals surface area (Å²) in [7, 11) is 0. The molecule has 0 aliphatic carbocycles. The number of imidazole rings is 1. The van der Waals surface area contributed by atoms with Gasteiger partial charge >= 0.3 is 12.1 Å². The highest BCUT2D eigenvalue weighted by atomic mass is 19.4. The number of aromatic nitrogens is 2. The Morgan fingerprint density at radius 2 is 2.05 bits per heavy atom. The van der Waals surface area contributed by atoms with Crippen molar-refractivity contribution in [2.75, 3.05) is 6.54 Å². The monoisotopic (exact) mass is 275 g/mol.